The van der Waals surface area contributed by atoms with E-state index in [9.17, 15) is 23.3 Å². The number of nitrogens with one attached hydrogen (secondary N) is 1. The number of hydrogen-bond donors (Lipinski definition) is 2. The van der Waals surface area contributed by atoms with Crippen molar-refractivity contribution in [3.8, 4) is 11.5 Å². The van der Waals surface area contributed by atoms with Gasteiger partial charge in [0.25, 0.3) is 21.6 Å². The Labute approximate surface area is 186 Å². The van der Waals surface area contributed by atoms with Gasteiger partial charge in [-0.15, -0.1) is 0 Å². The number of carbonyl (C=O) groups is 1. The van der Waals surface area contributed by atoms with Crippen LogP contribution < -0.4 is 20.0 Å². The van der Waals surface area contributed by atoms with E-state index in [1.165, 1.54) is 31.3 Å². The molecule has 0 aliphatic carbocycles. The third kappa shape index (κ3) is 6.39. The number of nitrogens with zero attached hydrogens (tertiary/aromatic N) is 2. The topological polar surface area (TPSA) is 163 Å². The summed E-state index contributed by atoms with van der Waals surface area (Å²) in [6.07, 6.45) is 1.21. The fourth-order valence-electron chi connectivity index (χ4n) is 2.38. The maximum absolute atomic E-state index is 12.4. The van der Waals surface area contributed by atoms with Crippen LogP contribution in [-0.4, -0.2) is 38.7 Å². The molecule has 13 heteroatoms. The molecule has 0 saturated carbocycles. The Hall–Kier alpha value is -3.19. The highest BCUT2D eigenvalue weighted by Crippen LogP contribution is 2.36. The van der Waals surface area contributed by atoms with E-state index in [-0.39, 0.29) is 28.7 Å². The van der Waals surface area contributed by atoms with Gasteiger partial charge < -0.3 is 15.2 Å². The minimum atomic E-state index is -4.13. The molecule has 0 bridgehead atoms. The predicted octanol–water partition coefficient (Wildman–Crippen LogP) is 2.24. The Morgan fingerprint density at radius 1 is 1.32 bits per heavy atom. The monoisotopic (exact) mass is 514 g/mol. The smallest absolute Gasteiger partial charge is 0.276 e. The third-order valence-corrected chi connectivity index (χ3v) is 5.57. The van der Waals surface area contributed by atoms with Crippen LogP contribution in [-0.2, 0) is 14.8 Å². The minimum absolute atomic E-state index is 0.255. The summed E-state index contributed by atoms with van der Waals surface area (Å²) in [6.45, 7) is 3.21. The molecule has 0 aliphatic heterocycles. The summed E-state index contributed by atoms with van der Waals surface area (Å²) in [7, 11) is -4.13. The van der Waals surface area contributed by atoms with Crippen molar-refractivity contribution in [2.45, 2.75) is 18.7 Å². The average molecular weight is 515 g/mol. The number of rotatable bonds is 10. The molecule has 0 spiro atoms. The molecule has 0 fully saturated rings. The van der Waals surface area contributed by atoms with Gasteiger partial charge in [0, 0.05) is 11.6 Å². The van der Waals surface area contributed by atoms with Crippen molar-refractivity contribution in [1.82, 2.24) is 4.83 Å². The molecule has 2 aromatic carbocycles. The van der Waals surface area contributed by atoms with Gasteiger partial charge >= 0.3 is 0 Å². The maximum atomic E-state index is 12.4. The molecule has 0 radical (unpaired) electrons. The summed E-state index contributed by atoms with van der Waals surface area (Å²) in [5, 5.41) is 14.7. The van der Waals surface area contributed by atoms with Gasteiger partial charge in [-0.3, -0.25) is 14.9 Å². The molecule has 1 amide bonds. The highest BCUT2D eigenvalue weighted by Gasteiger charge is 2.19. The molecule has 0 saturated heterocycles. The van der Waals surface area contributed by atoms with Crippen LogP contribution in [0.2, 0.25) is 0 Å². The van der Waals surface area contributed by atoms with Crippen molar-refractivity contribution in [2.24, 2.45) is 10.8 Å². The number of ether oxygens (including phenoxy) is 2. The maximum Gasteiger partial charge on any atom is 0.276 e. The van der Waals surface area contributed by atoms with Crippen molar-refractivity contribution in [3.05, 3.63) is 56.0 Å². The highest BCUT2D eigenvalue weighted by molar-refractivity contribution is 9.10. The molecule has 0 unspecified atom stereocenters. The van der Waals surface area contributed by atoms with Crippen molar-refractivity contribution >= 4 is 43.8 Å². The number of hydrazone groups is 1. The lowest BCUT2D eigenvalue weighted by molar-refractivity contribution is -0.385. The lowest BCUT2D eigenvalue weighted by Gasteiger charge is -2.13. The van der Waals surface area contributed by atoms with Gasteiger partial charge in [-0.05, 0) is 53.5 Å². The molecule has 0 atom stereocenters. The van der Waals surface area contributed by atoms with Gasteiger partial charge in [0.1, 0.15) is 0 Å². The number of carbonyl (C=O) groups excluding carboxylic acids is 1. The van der Waals surface area contributed by atoms with E-state index in [0.717, 1.165) is 6.07 Å². The zero-order valence-electron chi connectivity index (χ0n) is 16.5. The number of aryl methyl sites for hydroxylation is 1. The summed E-state index contributed by atoms with van der Waals surface area (Å²) in [5.41, 5.74) is 5.55. The second-order valence-electron chi connectivity index (χ2n) is 6.08. The summed E-state index contributed by atoms with van der Waals surface area (Å²) in [5.74, 6) is -0.118. The van der Waals surface area contributed by atoms with E-state index in [2.05, 4.69) is 21.0 Å². The quantitative estimate of drug-likeness (QED) is 0.278. The Kier molecular flexibility index (Phi) is 7.94. The molecule has 166 valence electrons. The summed E-state index contributed by atoms with van der Waals surface area (Å²) in [6, 6.07) is 6.63. The normalized spacial score (nSPS) is 11.3. The molecule has 0 aliphatic rings. The van der Waals surface area contributed by atoms with Gasteiger partial charge in [0.05, 0.1) is 27.1 Å². The van der Waals surface area contributed by atoms with Crippen molar-refractivity contribution in [1.29, 1.82) is 0 Å². The van der Waals surface area contributed by atoms with Gasteiger partial charge in [-0.2, -0.15) is 13.5 Å². The molecule has 11 nitrogen and oxygen atoms in total. The van der Waals surface area contributed by atoms with Crippen LogP contribution in [0.15, 0.2) is 44.8 Å². The number of amides is 1. The zero-order chi connectivity index (χ0) is 23.2. The van der Waals surface area contributed by atoms with E-state index in [1.54, 1.807) is 13.0 Å². The van der Waals surface area contributed by atoms with Gasteiger partial charge in [0.2, 0.25) is 0 Å². The van der Waals surface area contributed by atoms with Crippen LogP contribution in [0.1, 0.15) is 18.1 Å². The van der Waals surface area contributed by atoms with Crippen LogP contribution >= 0.6 is 15.9 Å². The lowest BCUT2D eigenvalue weighted by Crippen LogP contribution is -2.20. The molecule has 2 aromatic rings. The molecular formula is C18H19BrN4O7S. The second kappa shape index (κ2) is 10.2. The summed E-state index contributed by atoms with van der Waals surface area (Å²) < 4.78 is 36.1. The molecule has 0 aromatic heterocycles. The first-order valence-corrected chi connectivity index (χ1v) is 11.0. The molecular weight excluding hydrogens is 496 g/mol. The van der Waals surface area contributed by atoms with Crippen LogP contribution in [0.3, 0.4) is 0 Å². The fourth-order valence-corrected chi connectivity index (χ4v) is 3.77. The SMILES string of the molecule is CCOc1cc(C=NNS(=O)(=O)c2ccc(C)c([N+](=O)[O-])c2)cc(Br)c1OCC(N)=O. The van der Waals surface area contributed by atoms with Crippen LogP contribution in [0.4, 0.5) is 5.69 Å². The molecule has 31 heavy (non-hydrogen) atoms. The second-order valence-corrected chi connectivity index (χ2v) is 8.59. The van der Waals surface area contributed by atoms with Crippen molar-refractivity contribution in [3.63, 3.8) is 0 Å². The number of halogens is 1. The van der Waals surface area contributed by atoms with Crippen molar-refractivity contribution in [2.75, 3.05) is 13.2 Å². The van der Waals surface area contributed by atoms with Gasteiger partial charge in [0.15, 0.2) is 18.1 Å². The minimum Gasteiger partial charge on any atom is -0.490 e. The molecule has 2 rings (SSSR count). The first kappa shape index (κ1) is 24.1. The van der Waals surface area contributed by atoms with E-state index in [4.69, 9.17) is 15.2 Å². The number of nitrogens with two attached hydrogens (primary N) is 1. The van der Waals surface area contributed by atoms with Crippen LogP contribution in [0.25, 0.3) is 0 Å². The predicted molar refractivity (Wildman–Crippen MR) is 116 cm³/mol. The standard InChI is InChI=1S/C18H19BrN4O7S/c1-3-29-16-7-12(6-14(19)18(16)30-10-17(20)24)9-21-22-31(27,28)13-5-4-11(2)15(8-13)23(25)26/h4-9,22H,3,10H2,1-2H3,(H2,20,24). The molecule has 0 heterocycles. The van der Waals surface area contributed by atoms with Crippen LogP contribution in [0, 0.1) is 17.0 Å². The third-order valence-electron chi connectivity index (χ3n) is 3.76. The number of primary amides is 1. The van der Waals surface area contributed by atoms with E-state index >= 15 is 0 Å². The number of benzene rings is 2. The lowest BCUT2D eigenvalue weighted by atomic mass is 10.2. The van der Waals surface area contributed by atoms with E-state index in [1.807, 2.05) is 4.83 Å². The summed E-state index contributed by atoms with van der Waals surface area (Å²) in [4.78, 5) is 23.1. The summed E-state index contributed by atoms with van der Waals surface area (Å²) >= 11 is 3.29. The highest BCUT2D eigenvalue weighted by atomic mass is 79.9. The first-order valence-electron chi connectivity index (χ1n) is 8.72. The van der Waals surface area contributed by atoms with Crippen molar-refractivity contribution < 1.29 is 27.6 Å². The zero-order valence-corrected chi connectivity index (χ0v) is 18.9. The van der Waals surface area contributed by atoms with E-state index in [0.29, 0.717) is 22.2 Å². The van der Waals surface area contributed by atoms with Crippen LogP contribution in [0.5, 0.6) is 11.5 Å². The number of hydrogen-bond acceptors (Lipinski definition) is 8. The van der Waals surface area contributed by atoms with Gasteiger partial charge in [-0.1, -0.05) is 6.07 Å². The largest absolute Gasteiger partial charge is 0.490 e. The fraction of sp³-hybridized carbons (Fsp3) is 0.222. The Bertz CT molecular complexity index is 1140. The Morgan fingerprint density at radius 2 is 2.03 bits per heavy atom. The number of nitro benzene ring substituents is 1. The average Bonchev–Trinajstić information content (AvgIpc) is 2.67. The first-order chi connectivity index (χ1) is 14.5. The number of nitro groups is 1. The number of sulfonamides is 1. The Balaban J connectivity index is 2.26. The molecule has 3 N–H and O–H groups in total. The van der Waals surface area contributed by atoms with Gasteiger partial charge in [-0.25, -0.2) is 4.83 Å². The van der Waals surface area contributed by atoms with E-state index < -0.39 is 20.9 Å². The Morgan fingerprint density at radius 3 is 2.65 bits per heavy atom.